The molecule has 1 fully saturated rings. The van der Waals surface area contributed by atoms with Crippen molar-refractivity contribution in [1.29, 1.82) is 0 Å². The van der Waals surface area contributed by atoms with Crippen molar-refractivity contribution in [3.63, 3.8) is 0 Å². The minimum Gasteiger partial charge on any atom is -0.355 e. The lowest BCUT2D eigenvalue weighted by molar-refractivity contribution is -0.125. The van der Waals surface area contributed by atoms with Gasteiger partial charge in [-0.25, -0.2) is 0 Å². The molecule has 1 amide bonds. The van der Waals surface area contributed by atoms with Crippen LogP contribution in [-0.2, 0) is 4.79 Å². The van der Waals surface area contributed by atoms with Gasteiger partial charge in [-0.15, -0.1) is 12.4 Å². The standard InChI is InChI=1S/C12H25N3O.ClH/c1-4-15(5-2)7-6-14-12(16)11-9-13-8-10(11)3;/h10-11,13H,4-9H2,1-3H3,(H,14,16);1H/t10-,11-;/m1./s1. The molecule has 1 heterocycles. The molecule has 0 aliphatic carbocycles. The second kappa shape index (κ2) is 8.72. The number of carbonyl (C=O) groups excluding carboxylic acids is 1. The summed E-state index contributed by atoms with van der Waals surface area (Å²) in [6.07, 6.45) is 0. The quantitative estimate of drug-likeness (QED) is 0.742. The fourth-order valence-electron chi connectivity index (χ4n) is 2.17. The fourth-order valence-corrected chi connectivity index (χ4v) is 2.17. The largest absolute Gasteiger partial charge is 0.355 e. The Balaban J connectivity index is 0.00000256. The van der Waals surface area contributed by atoms with E-state index >= 15 is 0 Å². The minimum atomic E-state index is 0. The third-order valence-electron chi connectivity index (χ3n) is 3.48. The molecule has 2 N–H and O–H groups in total. The first-order valence-electron chi connectivity index (χ1n) is 6.39. The Morgan fingerprint density at radius 1 is 1.35 bits per heavy atom. The Bertz CT molecular complexity index is 222. The Hall–Kier alpha value is -0.320. The SMILES string of the molecule is CCN(CC)CCNC(=O)[C@@H]1CNC[C@H]1C.Cl. The first-order valence-corrected chi connectivity index (χ1v) is 6.39. The lowest BCUT2D eigenvalue weighted by Gasteiger charge is -2.19. The van der Waals surface area contributed by atoms with Crippen LogP contribution in [0.5, 0.6) is 0 Å². The van der Waals surface area contributed by atoms with E-state index in [0.29, 0.717) is 5.92 Å². The monoisotopic (exact) mass is 263 g/mol. The summed E-state index contributed by atoms with van der Waals surface area (Å²) in [6.45, 7) is 12.0. The molecule has 0 bridgehead atoms. The van der Waals surface area contributed by atoms with Crippen LogP contribution in [-0.4, -0.2) is 50.1 Å². The summed E-state index contributed by atoms with van der Waals surface area (Å²) in [5.74, 6) is 0.842. The van der Waals surface area contributed by atoms with Gasteiger partial charge >= 0.3 is 0 Å². The molecule has 0 saturated carbocycles. The van der Waals surface area contributed by atoms with Crippen LogP contribution in [0.2, 0.25) is 0 Å². The number of nitrogens with zero attached hydrogens (tertiary/aromatic N) is 1. The maximum Gasteiger partial charge on any atom is 0.224 e. The van der Waals surface area contributed by atoms with Gasteiger partial charge in [0.25, 0.3) is 0 Å². The van der Waals surface area contributed by atoms with Crippen LogP contribution < -0.4 is 10.6 Å². The van der Waals surface area contributed by atoms with Gasteiger partial charge in [0.15, 0.2) is 0 Å². The molecule has 0 radical (unpaired) electrons. The molecule has 0 aromatic carbocycles. The van der Waals surface area contributed by atoms with E-state index in [1.165, 1.54) is 0 Å². The molecule has 1 aliphatic rings. The average molecular weight is 264 g/mol. The van der Waals surface area contributed by atoms with Crippen molar-refractivity contribution >= 4 is 18.3 Å². The van der Waals surface area contributed by atoms with Gasteiger partial charge in [-0.2, -0.15) is 0 Å². The van der Waals surface area contributed by atoms with Crippen molar-refractivity contribution in [2.45, 2.75) is 20.8 Å². The van der Waals surface area contributed by atoms with Gasteiger partial charge in [-0.3, -0.25) is 4.79 Å². The number of hydrogen-bond acceptors (Lipinski definition) is 3. The summed E-state index contributed by atoms with van der Waals surface area (Å²) in [6, 6.07) is 0. The molecule has 4 nitrogen and oxygen atoms in total. The Labute approximate surface area is 111 Å². The zero-order valence-electron chi connectivity index (χ0n) is 11.2. The maximum absolute atomic E-state index is 11.8. The molecular formula is C12H26ClN3O. The van der Waals surface area contributed by atoms with Gasteiger partial charge in [0.05, 0.1) is 5.92 Å². The van der Waals surface area contributed by atoms with E-state index in [4.69, 9.17) is 0 Å². The van der Waals surface area contributed by atoms with Crippen molar-refractivity contribution in [3.05, 3.63) is 0 Å². The van der Waals surface area contributed by atoms with Gasteiger partial charge < -0.3 is 15.5 Å². The molecule has 1 rings (SSSR count). The third kappa shape index (κ3) is 5.23. The van der Waals surface area contributed by atoms with E-state index in [0.717, 1.165) is 39.3 Å². The van der Waals surface area contributed by atoms with Gasteiger partial charge in [-0.05, 0) is 25.6 Å². The Morgan fingerprint density at radius 3 is 2.47 bits per heavy atom. The zero-order valence-corrected chi connectivity index (χ0v) is 12.0. The predicted octanol–water partition coefficient (Wildman–Crippen LogP) is 0.722. The molecule has 0 aromatic heterocycles. The summed E-state index contributed by atoms with van der Waals surface area (Å²) in [4.78, 5) is 14.2. The van der Waals surface area contributed by atoms with Crippen molar-refractivity contribution < 1.29 is 4.79 Å². The number of rotatable bonds is 6. The molecule has 102 valence electrons. The predicted molar refractivity (Wildman–Crippen MR) is 73.6 cm³/mol. The second-order valence-corrected chi connectivity index (χ2v) is 4.56. The molecule has 2 atom stereocenters. The van der Waals surface area contributed by atoms with Crippen molar-refractivity contribution in [3.8, 4) is 0 Å². The van der Waals surface area contributed by atoms with Gasteiger partial charge in [0.1, 0.15) is 0 Å². The third-order valence-corrected chi connectivity index (χ3v) is 3.48. The number of halogens is 1. The van der Waals surface area contributed by atoms with Crippen molar-refractivity contribution in [2.75, 3.05) is 39.3 Å². The van der Waals surface area contributed by atoms with Crippen LogP contribution in [0, 0.1) is 11.8 Å². The zero-order chi connectivity index (χ0) is 12.0. The summed E-state index contributed by atoms with van der Waals surface area (Å²) in [7, 11) is 0. The molecule has 0 spiro atoms. The number of likely N-dealkylation sites (N-methyl/N-ethyl adjacent to an activating group) is 1. The number of nitrogens with one attached hydrogen (secondary N) is 2. The van der Waals surface area contributed by atoms with Crippen LogP contribution in [0.25, 0.3) is 0 Å². The van der Waals surface area contributed by atoms with E-state index in [1.807, 2.05) is 0 Å². The first-order chi connectivity index (χ1) is 7.69. The fraction of sp³-hybridized carbons (Fsp3) is 0.917. The first kappa shape index (κ1) is 16.7. The van der Waals surface area contributed by atoms with Crippen molar-refractivity contribution in [2.24, 2.45) is 11.8 Å². The number of carbonyl (C=O) groups is 1. The Morgan fingerprint density at radius 2 is 2.00 bits per heavy atom. The second-order valence-electron chi connectivity index (χ2n) is 4.56. The maximum atomic E-state index is 11.8. The average Bonchev–Trinajstić information content (AvgIpc) is 2.70. The van der Waals surface area contributed by atoms with E-state index in [2.05, 4.69) is 36.3 Å². The molecule has 1 aliphatic heterocycles. The lowest BCUT2D eigenvalue weighted by Crippen LogP contribution is -2.39. The molecular weight excluding hydrogens is 238 g/mol. The summed E-state index contributed by atoms with van der Waals surface area (Å²) in [5, 5.41) is 6.29. The topological polar surface area (TPSA) is 44.4 Å². The molecule has 1 saturated heterocycles. The van der Waals surface area contributed by atoms with Crippen LogP contribution in [0.3, 0.4) is 0 Å². The summed E-state index contributed by atoms with van der Waals surface area (Å²) in [5.41, 5.74) is 0. The summed E-state index contributed by atoms with van der Waals surface area (Å²) < 4.78 is 0. The van der Waals surface area contributed by atoms with Gasteiger partial charge in [0.2, 0.25) is 5.91 Å². The number of amides is 1. The van der Waals surface area contributed by atoms with Crippen LogP contribution in [0.1, 0.15) is 20.8 Å². The van der Waals surface area contributed by atoms with Crippen LogP contribution in [0.15, 0.2) is 0 Å². The molecule has 5 heteroatoms. The van der Waals surface area contributed by atoms with E-state index in [-0.39, 0.29) is 24.2 Å². The smallest absolute Gasteiger partial charge is 0.224 e. The van der Waals surface area contributed by atoms with E-state index in [1.54, 1.807) is 0 Å². The highest BCUT2D eigenvalue weighted by Gasteiger charge is 2.29. The highest BCUT2D eigenvalue weighted by atomic mass is 35.5. The minimum absolute atomic E-state index is 0. The highest BCUT2D eigenvalue weighted by Crippen LogP contribution is 2.15. The van der Waals surface area contributed by atoms with Crippen LogP contribution in [0.4, 0.5) is 0 Å². The summed E-state index contributed by atoms with van der Waals surface area (Å²) >= 11 is 0. The highest BCUT2D eigenvalue weighted by molar-refractivity contribution is 5.85. The van der Waals surface area contributed by atoms with E-state index < -0.39 is 0 Å². The van der Waals surface area contributed by atoms with E-state index in [9.17, 15) is 4.79 Å². The molecule has 17 heavy (non-hydrogen) atoms. The normalized spacial score (nSPS) is 23.5. The van der Waals surface area contributed by atoms with Crippen LogP contribution >= 0.6 is 12.4 Å². The lowest BCUT2D eigenvalue weighted by atomic mass is 9.97. The van der Waals surface area contributed by atoms with Gasteiger partial charge in [-0.1, -0.05) is 20.8 Å². The van der Waals surface area contributed by atoms with Crippen molar-refractivity contribution in [1.82, 2.24) is 15.5 Å². The Kier molecular flexibility index (Phi) is 8.56. The molecule has 0 aromatic rings. The molecule has 0 unspecified atom stereocenters. The van der Waals surface area contributed by atoms with Gasteiger partial charge in [0, 0.05) is 19.6 Å². The number of hydrogen-bond donors (Lipinski definition) is 2.